The van der Waals surface area contributed by atoms with Crippen molar-refractivity contribution in [2.75, 3.05) is 12.3 Å². The summed E-state index contributed by atoms with van der Waals surface area (Å²) in [5, 5.41) is 0.603. The molecule has 1 aliphatic heterocycles. The maximum absolute atomic E-state index is 12.9. The Morgan fingerprint density at radius 1 is 0.960 bits per heavy atom. The Bertz CT molecular complexity index is 815. The second kappa shape index (κ2) is 7.89. The van der Waals surface area contributed by atoms with Gasteiger partial charge in [-0.05, 0) is 35.4 Å². The lowest BCUT2D eigenvalue weighted by atomic mass is 10.1. The molecule has 3 rings (SSSR count). The van der Waals surface area contributed by atoms with Crippen LogP contribution in [0.1, 0.15) is 18.1 Å². The standard InChI is InChI=1S/C20H18ClNO2S/c1-2-25-18-17(15-8-10-16(21)11-9-15)19(23)22(20(18)24)13-12-14-6-4-3-5-7-14/h3-11H,2,12-13H2,1H3. The van der Waals surface area contributed by atoms with Crippen molar-refractivity contribution in [3.05, 3.63) is 75.7 Å². The van der Waals surface area contributed by atoms with E-state index in [0.717, 1.165) is 16.9 Å². The van der Waals surface area contributed by atoms with Crippen LogP contribution in [0.25, 0.3) is 5.57 Å². The number of imide groups is 1. The molecule has 1 heterocycles. The summed E-state index contributed by atoms with van der Waals surface area (Å²) in [7, 11) is 0. The van der Waals surface area contributed by atoms with Gasteiger partial charge in [0.25, 0.3) is 11.8 Å². The zero-order valence-electron chi connectivity index (χ0n) is 13.9. The van der Waals surface area contributed by atoms with Crippen molar-refractivity contribution in [3.63, 3.8) is 0 Å². The minimum atomic E-state index is -0.223. The molecule has 0 N–H and O–H groups in total. The van der Waals surface area contributed by atoms with Gasteiger partial charge in [-0.1, -0.05) is 61.0 Å². The molecule has 3 nitrogen and oxygen atoms in total. The second-order valence-corrected chi connectivity index (χ2v) is 7.35. The summed E-state index contributed by atoms with van der Waals surface area (Å²) in [5.74, 6) is 0.315. The highest BCUT2D eigenvalue weighted by molar-refractivity contribution is 8.04. The molecule has 1 aliphatic rings. The molecule has 2 aromatic carbocycles. The first-order chi connectivity index (χ1) is 12.1. The molecule has 2 aromatic rings. The number of benzene rings is 2. The van der Waals surface area contributed by atoms with Crippen LogP contribution in [0.15, 0.2) is 59.5 Å². The number of carbonyl (C=O) groups is 2. The van der Waals surface area contributed by atoms with E-state index in [-0.39, 0.29) is 11.8 Å². The van der Waals surface area contributed by atoms with Crippen LogP contribution >= 0.6 is 23.4 Å². The monoisotopic (exact) mass is 371 g/mol. The van der Waals surface area contributed by atoms with Crippen molar-refractivity contribution in [1.82, 2.24) is 4.90 Å². The normalized spacial score (nSPS) is 14.6. The zero-order valence-corrected chi connectivity index (χ0v) is 15.4. The fraction of sp³-hybridized carbons (Fsp3) is 0.200. The van der Waals surface area contributed by atoms with Crippen LogP contribution in [0.5, 0.6) is 0 Å². The molecule has 0 aliphatic carbocycles. The van der Waals surface area contributed by atoms with Gasteiger partial charge in [-0.25, -0.2) is 0 Å². The van der Waals surface area contributed by atoms with Crippen LogP contribution in [0.3, 0.4) is 0 Å². The Kier molecular flexibility index (Phi) is 5.61. The molecule has 0 unspecified atom stereocenters. The summed E-state index contributed by atoms with van der Waals surface area (Å²) >= 11 is 7.36. The molecule has 0 atom stereocenters. The number of halogens is 1. The van der Waals surface area contributed by atoms with Gasteiger partial charge in [0, 0.05) is 11.6 Å². The van der Waals surface area contributed by atoms with E-state index in [1.807, 2.05) is 37.3 Å². The van der Waals surface area contributed by atoms with Crippen LogP contribution < -0.4 is 0 Å². The van der Waals surface area contributed by atoms with Crippen molar-refractivity contribution in [2.45, 2.75) is 13.3 Å². The Balaban J connectivity index is 1.86. The minimum Gasteiger partial charge on any atom is -0.274 e. The molecule has 0 spiro atoms. The van der Waals surface area contributed by atoms with E-state index in [1.165, 1.54) is 16.7 Å². The Labute approximate surface area is 156 Å². The second-order valence-electron chi connectivity index (χ2n) is 5.64. The highest BCUT2D eigenvalue weighted by Gasteiger charge is 2.38. The van der Waals surface area contributed by atoms with Crippen molar-refractivity contribution in [2.24, 2.45) is 0 Å². The van der Waals surface area contributed by atoms with E-state index < -0.39 is 0 Å². The summed E-state index contributed by atoms with van der Waals surface area (Å²) in [6.45, 7) is 2.36. The molecule has 0 saturated heterocycles. The molecule has 2 amide bonds. The number of hydrogen-bond acceptors (Lipinski definition) is 3. The summed E-state index contributed by atoms with van der Waals surface area (Å²) in [6, 6.07) is 16.9. The van der Waals surface area contributed by atoms with Crippen molar-refractivity contribution in [1.29, 1.82) is 0 Å². The third-order valence-electron chi connectivity index (χ3n) is 4.01. The van der Waals surface area contributed by atoms with E-state index in [0.29, 0.717) is 28.5 Å². The van der Waals surface area contributed by atoms with Crippen molar-refractivity contribution < 1.29 is 9.59 Å². The maximum atomic E-state index is 12.9. The van der Waals surface area contributed by atoms with E-state index in [4.69, 9.17) is 11.6 Å². The first-order valence-corrected chi connectivity index (χ1v) is 9.51. The predicted molar refractivity (Wildman–Crippen MR) is 103 cm³/mol. The van der Waals surface area contributed by atoms with Crippen LogP contribution in [0.2, 0.25) is 5.02 Å². The van der Waals surface area contributed by atoms with E-state index >= 15 is 0 Å². The van der Waals surface area contributed by atoms with Gasteiger partial charge in [0.15, 0.2) is 0 Å². The smallest absolute Gasteiger partial charge is 0.267 e. The molecule has 128 valence electrons. The van der Waals surface area contributed by atoms with E-state index in [9.17, 15) is 9.59 Å². The first-order valence-electron chi connectivity index (χ1n) is 8.15. The molecular formula is C20H18ClNO2S. The largest absolute Gasteiger partial charge is 0.274 e. The van der Waals surface area contributed by atoms with Gasteiger partial charge < -0.3 is 0 Å². The van der Waals surface area contributed by atoms with Crippen LogP contribution in [0.4, 0.5) is 0 Å². The summed E-state index contributed by atoms with van der Waals surface area (Å²) in [4.78, 5) is 27.6. The predicted octanol–water partition coefficient (Wildman–Crippen LogP) is 4.42. The van der Waals surface area contributed by atoms with E-state index in [2.05, 4.69) is 0 Å². The van der Waals surface area contributed by atoms with Gasteiger partial charge in [0.2, 0.25) is 0 Å². The van der Waals surface area contributed by atoms with Crippen molar-refractivity contribution >= 4 is 40.8 Å². The first kappa shape index (κ1) is 17.8. The van der Waals surface area contributed by atoms with Gasteiger partial charge in [0.05, 0.1) is 10.5 Å². The molecular weight excluding hydrogens is 354 g/mol. The van der Waals surface area contributed by atoms with Crippen molar-refractivity contribution in [3.8, 4) is 0 Å². The summed E-state index contributed by atoms with van der Waals surface area (Å²) in [6.07, 6.45) is 0.649. The van der Waals surface area contributed by atoms with Crippen LogP contribution in [-0.2, 0) is 16.0 Å². The van der Waals surface area contributed by atoms with Crippen LogP contribution in [-0.4, -0.2) is 29.0 Å². The number of hydrogen-bond donors (Lipinski definition) is 0. The Morgan fingerprint density at radius 2 is 1.64 bits per heavy atom. The number of thioether (sulfide) groups is 1. The number of rotatable bonds is 6. The van der Waals surface area contributed by atoms with E-state index in [1.54, 1.807) is 24.3 Å². The molecule has 0 aromatic heterocycles. The van der Waals surface area contributed by atoms with Crippen LogP contribution in [0, 0.1) is 0 Å². The summed E-state index contributed by atoms with van der Waals surface area (Å²) in [5.41, 5.74) is 2.33. The quantitative estimate of drug-likeness (QED) is 0.705. The third kappa shape index (κ3) is 3.80. The lowest BCUT2D eigenvalue weighted by Gasteiger charge is -2.15. The maximum Gasteiger partial charge on any atom is 0.267 e. The number of nitrogens with zero attached hydrogens (tertiary/aromatic N) is 1. The number of amides is 2. The SMILES string of the molecule is CCSC1=C(c2ccc(Cl)cc2)C(=O)N(CCc2ccccc2)C1=O. The van der Waals surface area contributed by atoms with Gasteiger partial charge in [-0.15, -0.1) is 11.8 Å². The molecule has 0 radical (unpaired) electrons. The average molecular weight is 372 g/mol. The average Bonchev–Trinajstić information content (AvgIpc) is 2.86. The summed E-state index contributed by atoms with van der Waals surface area (Å²) < 4.78 is 0. The van der Waals surface area contributed by atoms with Gasteiger partial charge >= 0.3 is 0 Å². The fourth-order valence-corrected chi connectivity index (χ4v) is 3.79. The Morgan fingerprint density at radius 3 is 2.28 bits per heavy atom. The topological polar surface area (TPSA) is 37.4 Å². The van der Waals surface area contributed by atoms with Gasteiger partial charge in [-0.3, -0.25) is 14.5 Å². The highest BCUT2D eigenvalue weighted by Crippen LogP contribution is 2.36. The zero-order chi connectivity index (χ0) is 17.8. The third-order valence-corrected chi connectivity index (χ3v) is 5.22. The molecule has 0 bridgehead atoms. The fourth-order valence-electron chi connectivity index (χ4n) is 2.79. The lowest BCUT2D eigenvalue weighted by molar-refractivity contribution is -0.136. The lowest BCUT2D eigenvalue weighted by Crippen LogP contribution is -2.33. The highest BCUT2D eigenvalue weighted by atomic mass is 35.5. The van der Waals surface area contributed by atoms with Gasteiger partial charge in [0.1, 0.15) is 0 Å². The molecule has 0 saturated carbocycles. The Hall–Kier alpha value is -2.04. The minimum absolute atomic E-state index is 0.197. The molecule has 0 fully saturated rings. The number of carbonyl (C=O) groups excluding carboxylic acids is 2. The molecule has 25 heavy (non-hydrogen) atoms. The molecule has 5 heteroatoms. The van der Waals surface area contributed by atoms with Gasteiger partial charge in [-0.2, -0.15) is 0 Å².